The average Bonchev–Trinajstić information content (AvgIpc) is 2.17. The Balaban J connectivity index is 2.57. The molecule has 1 atom stereocenters. The van der Waals surface area contributed by atoms with Gasteiger partial charge in [0.1, 0.15) is 5.54 Å². The first-order valence-electron chi connectivity index (χ1n) is 4.39. The van der Waals surface area contributed by atoms with E-state index in [-0.39, 0.29) is 0 Å². The van der Waals surface area contributed by atoms with Crippen molar-refractivity contribution in [1.29, 1.82) is 0 Å². The first-order chi connectivity index (χ1) is 6.92. The lowest BCUT2D eigenvalue weighted by atomic mass is 10.1. The summed E-state index contributed by atoms with van der Waals surface area (Å²) < 4.78 is 1.03. The van der Waals surface area contributed by atoms with E-state index >= 15 is 0 Å². The van der Waals surface area contributed by atoms with E-state index in [1.807, 2.05) is 24.3 Å². The van der Waals surface area contributed by atoms with E-state index in [0.29, 0.717) is 5.75 Å². The predicted octanol–water partition coefficient (Wildman–Crippen LogP) is 1.74. The number of hydrogen-bond acceptors (Lipinski definition) is 3. The molecule has 1 unspecified atom stereocenters. The Morgan fingerprint density at radius 3 is 2.47 bits per heavy atom. The number of benzene rings is 1. The van der Waals surface area contributed by atoms with Crippen molar-refractivity contribution < 1.29 is 4.79 Å². The summed E-state index contributed by atoms with van der Waals surface area (Å²) in [5, 5.41) is 0. The Bertz CT molecular complexity index is 351. The Labute approximate surface area is 102 Å². The summed E-state index contributed by atoms with van der Waals surface area (Å²) in [6.45, 7) is 1.64. The highest BCUT2D eigenvalue weighted by atomic mass is 79.9. The Hall–Kier alpha value is -0.520. The number of hydrogen-bond donors (Lipinski definition) is 2. The fraction of sp³-hybridized carbons (Fsp3) is 0.300. The number of thioether (sulfide) groups is 1. The van der Waals surface area contributed by atoms with Crippen LogP contribution in [0.3, 0.4) is 0 Å². The number of carbonyl (C=O) groups excluding carboxylic acids is 1. The predicted molar refractivity (Wildman–Crippen MR) is 66.7 cm³/mol. The van der Waals surface area contributed by atoms with Crippen molar-refractivity contribution in [1.82, 2.24) is 0 Å². The van der Waals surface area contributed by atoms with E-state index in [0.717, 1.165) is 9.37 Å². The van der Waals surface area contributed by atoms with E-state index in [2.05, 4.69) is 15.9 Å². The van der Waals surface area contributed by atoms with Crippen molar-refractivity contribution in [3.8, 4) is 0 Å². The third-order valence-electron chi connectivity index (χ3n) is 1.92. The van der Waals surface area contributed by atoms with Crippen molar-refractivity contribution >= 4 is 33.6 Å². The summed E-state index contributed by atoms with van der Waals surface area (Å²) in [5.74, 6) is -0.00337. The van der Waals surface area contributed by atoms with Crippen molar-refractivity contribution in [2.75, 3.05) is 5.75 Å². The molecule has 3 nitrogen and oxygen atoms in total. The number of rotatable bonds is 4. The zero-order chi connectivity index (χ0) is 11.5. The molecule has 5 heteroatoms. The second-order valence-electron chi connectivity index (χ2n) is 3.52. The molecule has 0 fully saturated rings. The smallest absolute Gasteiger partial charge is 0.238 e. The molecular weight excluding hydrogens is 276 g/mol. The van der Waals surface area contributed by atoms with Gasteiger partial charge in [-0.3, -0.25) is 4.79 Å². The quantitative estimate of drug-likeness (QED) is 0.830. The molecule has 82 valence electrons. The minimum absolute atomic E-state index is 0.476. The topological polar surface area (TPSA) is 69.1 Å². The lowest BCUT2D eigenvalue weighted by molar-refractivity contribution is -0.121. The van der Waals surface area contributed by atoms with Gasteiger partial charge in [0.25, 0.3) is 0 Å². The standard InChI is InChI=1S/C10H13BrN2OS/c1-10(13,9(12)14)6-15-8-4-2-7(11)3-5-8/h2-5H,6,13H2,1H3,(H2,12,14). The van der Waals surface area contributed by atoms with Gasteiger partial charge in [-0.2, -0.15) is 0 Å². The number of carbonyl (C=O) groups is 1. The van der Waals surface area contributed by atoms with E-state index in [1.54, 1.807) is 6.92 Å². The molecular formula is C10H13BrN2OS. The highest BCUT2D eigenvalue weighted by molar-refractivity contribution is 9.10. The molecule has 0 spiro atoms. The minimum Gasteiger partial charge on any atom is -0.368 e. The fourth-order valence-electron chi connectivity index (χ4n) is 0.835. The van der Waals surface area contributed by atoms with Gasteiger partial charge in [-0.25, -0.2) is 0 Å². The molecule has 0 bridgehead atoms. The van der Waals surface area contributed by atoms with Gasteiger partial charge in [0.2, 0.25) is 5.91 Å². The van der Waals surface area contributed by atoms with Crippen LogP contribution in [-0.4, -0.2) is 17.2 Å². The van der Waals surface area contributed by atoms with E-state index in [4.69, 9.17) is 11.5 Å². The number of primary amides is 1. The third kappa shape index (κ3) is 3.85. The second kappa shape index (κ2) is 5.01. The molecule has 1 aromatic carbocycles. The molecule has 1 aromatic rings. The highest BCUT2D eigenvalue weighted by Crippen LogP contribution is 2.23. The summed E-state index contributed by atoms with van der Waals surface area (Å²) in [4.78, 5) is 12.0. The van der Waals surface area contributed by atoms with Gasteiger partial charge in [-0.15, -0.1) is 11.8 Å². The third-order valence-corrected chi connectivity index (χ3v) is 3.79. The molecule has 1 rings (SSSR count). The summed E-state index contributed by atoms with van der Waals surface area (Å²) in [7, 11) is 0. The lowest BCUT2D eigenvalue weighted by Gasteiger charge is -2.19. The average molecular weight is 289 g/mol. The molecule has 0 radical (unpaired) electrons. The van der Waals surface area contributed by atoms with Crippen molar-refractivity contribution in [3.63, 3.8) is 0 Å². The molecule has 0 heterocycles. The van der Waals surface area contributed by atoms with Crippen LogP contribution in [0.5, 0.6) is 0 Å². The van der Waals surface area contributed by atoms with E-state index < -0.39 is 11.4 Å². The van der Waals surface area contributed by atoms with Crippen LogP contribution >= 0.6 is 27.7 Å². The van der Waals surface area contributed by atoms with Crippen LogP contribution in [0.25, 0.3) is 0 Å². The maximum absolute atomic E-state index is 11.0. The fourth-order valence-corrected chi connectivity index (χ4v) is 2.04. The van der Waals surface area contributed by atoms with Crippen molar-refractivity contribution in [2.24, 2.45) is 11.5 Å². The van der Waals surface area contributed by atoms with Gasteiger partial charge in [0, 0.05) is 15.1 Å². The van der Waals surface area contributed by atoms with Crippen molar-refractivity contribution in [2.45, 2.75) is 17.4 Å². The lowest BCUT2D eigenvalue weighted by Crippen LogP contribution is -2.51. The minimum atomic E-state index is -0.961. The molecule has 0 aliphatic carbocycles. The second-order valence-corrected chi connectivity index (χ2v) is 5.49. The molecule has 0 aliphatic rings. The molecule has 0 saturated carbocycles. The van der Waals surface area contributed by atoms with Gasteiger partial charge in [0.15, 0.2) is 0 Å². The summed E-state index contributed by atoms with van der Waals surface area (Å²) in [6, 6.07) is 7.82. The molecule has 15 heavy (non-hydrogen) atoms. The van der Waals surface area contributed by atoms with Crippen LogP contribution in [0.2, 0.25) is 0 Å². The highest BCUT2D eigenvalue weighted by Gasteiger charge is 2.25. The Morgan fingerprint density at radius 2 is 2.00 bits per heavy atom. The van der Waals surface area contributed by atoms with Gasteiger partial charge >= 0.3 is 0 Å². The maximum atomic E-state index is 11.0. The van der Waals surface area contributed by atoms with Crippen LogP contribution in [-0.2, 0) is 4.79 Å². The van der Waals surface area contributed by atoms with Crippen molar-refractivity contribution in [3.05, 3.63) is 28.7 Å². The zero-order valence-electron chi connectivity index (χ0n) is 8.37. The number of halogens is 1. The van der Waals surface area contributed by atoms with Crippen LogP contribution in [0, 0.1) is 0 Å². The summed E-state index contributed by atoms with van der Waals surface area (Å²) >= 11 is 4.87. The largest absolute Gasteiger partial charge is 0.368 e. The first-order valence-corrected chi connectivity index (χ1v) is 6.17. The Kier molecular flexibility index (Phi) is 4.19. The van der Waals surface area contributed by atoms with Gasteiger partial charge < -0.3 is 11.5 Å². The normalized spacial score (nSPS) is 14.6. The Morgan fingerprint density at radius 1 is 1.47 bits per heavy atom. The summed E-state index contributed by atoms with van der Waals surface area (Å²) in [6.07, 6.45) is 0. The number of amides is 1. The number of nitrogens with two attached hydrogens (primary N) is 2. The zero-order valence-corrected chi connectivity index (χ0v) is 10.8. The molecule has 0 aromatic heterocycles. The van der Waals surface area contributed by atoms with E-state index in [1.165, 1.54) is 11.8 Å². The molecule has 0 aliphatic heterocycles. The SMILES string of the molecule is CC(N)(CSc1ccc(Br)cc1)C(N)=O. The van der Waals surface area contributed by atoms with Gasteiger partial charge in [-0.05, 0) is 31.2 Å². The van der Waals surface area contributed by atoms with E-state index in [9.17, 15) is 4.79 Å². The van der Waals surface area contributed by atoms with Crippen LogP contribution < -0.4 is 11.5 Å². The van der Waals surface area contributed by atoms with Gasteiger partial charge in [0.05, 0.1) is 0 Å². The van der Waals surface area contributed by atoms with Crippen LogP contribution in [0.1, 0.15) is 6.92 Å². The van der Waals surface area contributed by atoms with Crippen LogP contribution in [0.15, 0.2) is 33.6 Å². The van der Waals surface area contributed by atoms with Crippen LogP contribution in [0.4, 0.5) is 0 Å². The summed E-state index contributed by atoms with van der Waals surface area (Å²) in [5.41, 5.74) is 9.95. The monoisotopic (exact) mass is 288 g/mol. The maximum Gasteiger partial charge on any atom is 0.238 e. The first kappa shape index (κ1) is 12.5. The molecule has 0 saturated heterocycles. The van der Waals surface area contributed by atoms with Gasteiger partial charge in [-0.1, -0.05) is 15.9 Å². The molecule has 1 amide bonds. The molecule has 4 N–H and O–H groups in total.